The third-order valence-corrected chi connectivity index (χ3v) is 4.47. The Hall–Kier alpha value is -1.49. The van der Waals surface area contributed by atoms with Gasteiger partial charge in [-0.05, 0) is 57.1 Å². The monoisotopic (exact) mass is 348 g/mol. The van der Waals surface area contributed by atoms with Crippen molar-refractivity contribution in [2.24, 2.45) is 0 Å². The van der Waals surface area contributed by atoms with Crippen LogP contribution in [0.25, 0.3) is 0 Å². The minimum Gasteiger partial charge on any atom is -0.322 e. The van der Waals surface area contributed by atoms with Crippen LogP contribution in [0.3, 0.4) is 0 Å². The predicted molar refractivity (Wildman–Crippen MR) is 99.8 cm³/mol. The first-order valence-electron chi connectivity index (χ1n) is 7.30. The molecule has 23 heavy (non-hydrogen) atoms. The summed E-state index contributed by atoms with van der Waals surface area (Å²) >= 11 is 7.77. The zero-order valence-electron chi connectivity index (χ0n) is 13.8. The smallest absolute Gasteiger partial charge is 0.257 e. The van der Waals surface area contributed by atoms with Crippen molar-refractivity contribution < 1.29 is 4.79 Å². The molecule has 0 bridgehead atoms. The minimum absolute atomic E-state index is 0.185. The molecule has 2 aromatic rings. The maximum Gasteiger partial charge on any atom is 0.257 e. The lowest BCUT2D eigenvalue weighted by Crippen LogP contribution is -2.17. The quantitative estimate of drug-likeness (QED) is 0.796. The van der Waals surface area contributed by atoms with Crippen LogP contribution in [-0.4, -0.2) is 31.2 Å². The van der Waals surface area contributed by atoms with E-state index in [0.29, 0.717) is 10.6 Å². The third-order valence-electron chi connectivity index (χ3n) is 3.41. The standard InChI is InChI=1S/C18H21ClN2OS/c1-12-5-8-17(13(9-12)11-21(2)3)20-18(22)15-10-14(23-4)6-7-16(15)19/h5-10H,11H2,1-4H3,(H,20,22). The van der Waals surface area contributed by atoms with Crippen molar-refractivity contribution in [2.45, 2.75) is 18.4 Å². The average molecular weight is 349 g/mol. The summed E-state index contributed by atoms with van der Waals surface area (Å²) in [6.07, 6.45) is 1.97. The molecule has 1 amide bonds. The van der Waals surface area contributed by atoms with Crippen molar-refractivity contribution in [1.29, 1.82) is 0 Å². The van der Waals surface area contributed by atoms with Crippen LogP contribution in [0, 0.1) is 6.92 Å². The fraction of sp³-hybridized carbons (Fsp3) is 0.278. The molecule has 0 atom stereocenters. The highest BCUT2D eigenvalue weighted by Crippen LogP contribution is 2.25. The van der Waals surface area contributed by atoms with E-state index >= 15 is 0 Å². The van der Waals surface area contributed by atoms with Gasteiger partial charge in [-0.1, -0.05) is 29.3 Å². The van der Waals surface area contributed by atoms with Crippen molar-refractivity contribution in [1.82, 2.24) is 4.90 Å². The highest BCUT2D eigenvalue weighted by atomic mass is 35.5. The summed E-state index contributed by atoms with van der Waals surface area (Å²) in [5, 5.41) is 3.45. The Morgan fingerprint density at radius 2 is 1.96 bits per heavy atom. The molecule has 0 heterocycles. The molecule has 5 heteroatoms. The lowest BCUT2D eigenvalue weighted by molar-refractivity contribution is 0.102. The first-order valence-corrected chi connectivity index (χ1v) is 8.90. The van der Waals surface area contributed by atoms with Crippen LogP contribution in [0.1, 0.15) is 21.5 Å². The summed E-state index contributed by atoms with van der Waals surface area (Å²) in [5.41, 5.74) is 3.57. The molecule has 0 radical (unpaired) electrons. The second-order valence-corrected chi connectivity index (χ2v) is 6.99. The van der Waals surface area contributed by atoms with E-state index in [1.807, 2.05) is 51.5 Å². The minimum atomic E-state index is -0.185. The van der Waals surface area contributed by atoms with Crippen molar-refractivity contribution in [3.05, 3.63) is 58.1 Å². The van der Waals surface area contributed by atoms with Gasteiger partial charge in [0.05, 0.1) is 10.6 Å². The fourth-order valence-corrected chi connectivity index (χ4v) is 2.95. The number of thioether (sulfide) groups is 1. The number of amides is 1. The number of anilines is 1. The maximum atomic E-state index is 12.6. The van der Waals surface area contributed by atoms with E-state index in [2.05, 4.69) is 16.3 Å². The third kappa shape index (κ3) is 4.74. The number of rotatable bonds is 5. The number of nitrogens with one attached hydrogen (secondary N) is 1. The Balaban J connectivity index is 2.30. The van der Waals surface area contributed by atoms with Gasteiger partial charge in [-0.15, -0.1) is 11.8 Å². The number of halogens is 1. The van der Waals surface area contributed by atoms with Gasteiger partial charge >= 0.3 is 0 Å². The number of nitrogens with zero attached hydrogens (tertiary/aromatic N) is 1. The number of hydrogen-bond donors (Lipinski definition) is 1. The largest absolute Gasteiger partial charge is 0.322 e. The molecule has 0 saturated carbocycles. The molecular weight excluding hydrogens is 328 g/mol. The molecule has 1 N–H and O–H groups in total. The van der Waals surface area contributed by atoms with E-state index in [4.69, 9.17) is 11.6 Å². The Morgan fingerprint density at radius 1 is 1.22 bits per heavy atom. The van der Waals surface area contributed by atoms with Gasteiger partial charge in [0.2, 0.25) is 0 Å². The number of carbonyl (C=O) groups excluding carboxylic acids is 1. The van der Waals surface area contributed by atoms with Crippen molar-refractivity contribution >= 4 is 35.0 Å². The first-order chi connectivity index (χ1) is 10.9. The summed E-state index contributed by atoms with van der Waals surface area (Å²) in [6.45, 7) is 2.81. The highest BCUT2D eigenvalue weighted by molar-refractivity contribution is 7.98. The zero-order valence-corrected chi connectivity index (χ0v) is 15.4. The molecule has 0 unspecified atom stereocenters. The summed E-state index contributed by atoms with van der Waals surface area (Å²) in [7, 11) is 4.01. The van der Waals surface area contributed by atoms with Gasteiger partial charge in [-0.25, -0.2) is 0 Å². The van der Waals surface area contributed by atoms with E-state index in [0.717, 1.165) is 22.7 Å². The van der Waals surface area contributed by atoms with Gasteiger partial charge in [0.1, 0.15) is 0 Å². The van der Waals surface area contributed by atoms with Gasteiger partial charge in [0.15, 0.2) is 0 Å². The average Bonchev–Trinajstić information content (AvgIpc) is 2.49. The summed E-state index contributed by atoms with van der Waals surface area (Å²) < 4.78 is 0. The van der Waals surface area contributed by atoms with Crippen LogP contribution >= 0.6 is 23.4 Å². The second-order valence-electron chi connectivity index (χ2n) is 5.70. The molecule has 3 nitrogen and oxygen atoms in total. The molecular formula is C18H21ClN2OS. The van der Waals surface area contributed by atoms with E-state index < -0.39 is 0 Å². The van der Waals surface area contributed by atoms with Crippen LogP contribution in [0.5, 0.6) is 0 Å². The molecule has 0 aliphatic rings. The molecule has 0 aliphatic carbocycles. The maximum absolute atomic E-state index is 12.6. The van der Waals surface area contributed by atoms with Crippen molar-refractivity contribution in [3.63, 3.8) is 0 Å². The molecule has 0 fully saturated rings. The molecule has 122 valence electrons. The second kappa shape index (κ2) is 7.86. The summed E-state index contributed by atoms with van der Waals surface area (Å²) in [6, 6.07) is 11.5. The molecule has 0 aliphatic heterocycles. The van der Waals surface area contributed by atoms with E-state index in [1.54, 1.807) is 17.8 Å². The molecule has 0 aromatic heterocycles. The normalized spacial score (nSPS) is 10.9. The number of hydrogen-bond acceptors (Lipinski definition) is 3. The zero-order chi connectivity index (χ0) is 17.0. The van der Waals surface area contributed by atoms with Crippen LogP contribution in [-0.2, 0) is 6.54 Å². The van der Waals surface area contributed by atoms with Crippen LogP contribution in [0.2, 0.25) is 5.02 Å². The predicted octanol–water partition coefficient (Wildman–Crippen LogP) is 4.68. The van der Waals surface area contributed by atoms with E-state index in [-0.39, 0.29) is 5.91 Å². The molecule has 0 spiro atoms. The van der Waals surface area contributed by atoms with Gasteiger partial charge in [0, 0.05) is 17.1 Å². The van der Waals surface area contributed by atoms with Crippen molar-refractivity contribution in [3.8, 4) is 0 Å². The lowest BCUT2D eigenvalue weighted by Gasteiger charge is -2.16. The number of carbonyl (C=O) groups is 1. The molecule has 2 aromatic carbocycles. The Kier molecular flexibility index (Phi) is 6.10. The highest BCUT2D eigenvalue weighted by Gasteiger charge is 2.14. The van der Waals surface area contributed by atoms with Crippen LogP contribution in [0.4, 0.5) is 5.69 Å². The van der Waals surface area contributed by atoms with Gasteiger partial charge in [-0.2, -0.15) is 0 Å². The Bertz CT molecular complexity index is 716. The van der Waals surface area contributed by atoms with Gasteiger partial charge < -0.3 is 10.2 Å². The SMILES string of the molecule is CSc1ccc(Cl)c(C(=O)Nc2ccc(C)cc2CN(C)C)c1. The molecule has 0 saturated heterocycles. The van der Waals surface area contributed by atoms with Crippen LogP contribution in [0.15, 0.2) is 41.3 Å². The fourth-order valence-electron chi connectivity index (χ4n) is 2.31. The van der Waals surface area contributed by atoms with E-state index in [9.17, 15) is 4.79 Å². The topological polar surface area (TPSA) is 32.3 Å². The Labute approximate surface area is 147 Å². The van der Waals surface area contributed by atoms with Gasteiger partial charge in [0.25, 0.3) is 5.91 Å². The van der Waals surface area contributed by atoms with Crippen molar-refractivity contribution in [2.75, 3.05) is 25.7 Å². The Morgan fingerprint density at radius 3 is 2.61 bits per heavy atom. The van der Waals surface area contributed by atoms with Crippen LogP contribution < -0.4 is 5.32 Å². The number of benzene rings is 2. The molecule has 2 rings (SSSR count). The van der Waals surface area contributed by atoms with Gasteiger partial charge in [-0.3, -0.25) is 4.79 Å². The summed E-state index contributed by atoms with van der Waals surface area (Å²) in [4.78, 5) is 15.7. The van der Waals surface area contributed by atoms with E-state index in [1.165, 1.54) is 5.56 Å². The summed E-state index contributed by atoms with van der Waals surface area (Å²) in [5.74, 6) is -0.185. The number of aryl methyl sites for hydroxylation is 1. The lowest BCUT2D eigenvalue weighted by atomic mass is 10.1. The first kappa shape index (κ1) is 17.9.